The van der Waals surface area contributed by atoms with E-state index in [0.29, 0.717) is 12.5 Å². The van der Waals surface area contributed by atoms with Crippen LogP contribution in [0.2, 0.25) is 0 Å². The Kier molecular flexibility index (Phi) is 9.18. The van der Waals surface area contributed by atoms with E-state index in [4.69, 9.17) is 4.74 Å². The lowest BCUT2D eigenvalue weighted by Crippen LogP contribution is -2.60. The van der Waals surface area contributed by atoms with Gasteiger partial charge in [-0.25, -0.2) is 4.72 Å². The Morgan fingerprint density at radius 3 is 2.34 bits per heavy atom. The van der Waals surface area contributed by atoms with Crippen LogP contribution in [-0.4, -0.2) is 85.3 Å². The van der Waals surface area contributed by atoms with Crippen molar-refractivity contribution < 1.29 is 22.7 Å². The van der Waals surface area contributed by atoms with Gasteiger partial charge in [-0.15, -0.1) is 0 Å². The molecule has 1 saturated heterocycles. The van der Waals surface area contributed by atoms with E-state index in [1.54, 1.807) is 13.2 Å². The fourth-order valence-corrected chi connectivity index (χ4v) is 10.3. The number of nitrogens with zero attached hydrogens (tertiary/aromatic N) is 4. The van der Waals surface area contributed by atoms with Gasteiger partial charge >= 0.3 is 10.2 Å². The average molecular weight is 738 g/mol. The highest BCUT2D eigenvalue weighted by Gasteiger charge is 2.64. The highest BCUT2D eigenvalue weighted by atomic mass is 32.2. The molecule has 280 valence electrons. The molecule has 3 unspecified atom stereocenters. The van der Waals surface area contributed by atoms with Crippen molar-refractivity contribution in [2.24, 2.45) is 5.41 Å². The highest BCUT2D eigenvalue weighted by molar-refractivity contribution is 7.87. The topological polar surface area (TPSA) is 104 Å². The first kappa shape index (κ1) is 35.8. The molecule has 4 aromatic rings. The molecule has 0 radical (unpaired) electrons. The molecule has 53 heavy (non-hydrogen) atoms. The van der Waals surface area contributed by atoms with Gasteiger partial charge in [0.15, 0.2) is 0 Å². The smallest absolute Gasteiger partial charge is 0.303 e. The molecular weight excluding hydrogens is 687 g/mol. The van der Waals surface area contributed by atoms with Crippen LogP contribution in [-0.2, 0) is 28.1 Å². The van der Waals surface area contributed by atoms with Crippen LogP contribution in [0.25, 0.3) is 22.2 Å². The van der Waals surface area contributed by atoms with E-state index in [1.807, 2.05) is 24.3 Å². The summed E-state index contributed by atoms with van der Waals surface area (Å²) in [5.41, 5.74) is 6.40. The van der Waals surface area contributed by atoms with Gasteiger partial charge in [0.25, 0.3) is 5.91 Å². The minimum atomic E-state index is -3.99. The van der Waals surface area contributed by atoms with E-state index in [-0.39, 0.29) is 29.5 Å². The Balaban J connectivity index is 1.24. The number of hydrogen-bond acceptors (Lipinski definition) is 6. The molecule has 1 aromatic heterocycles. The molecule has 2 amide bonds. The maximum atomic E-state index is 15.3. The van der Waals surface area contributed by atoms with Gasteiger partial charge in [-0.2, -0.15) is 12.7 Å². The second-order valence-electron chi connectivity index (χ2n) is 16.1. The van der Waals surface area contributed by atoms with Crippen LogP contribution >= 0.6 is 0 Å². The quantitative estimate of drug-likeness (QED) is 0.221. The maximum absolute atomic E-state index is 15.3. The Morgan fingerprint density at radius 1 is 0.943 bits per heavy atom. The SMILES string of the molecule is COc1ccc2c(c1)C1CC1(C(=O)N1C(C)CN(Cc3ccccc3)C[C@@H]1C)Cn1c-2c(C2CCCCC2)c2ccc(C(=O)NS(=O)(=O)N(C)C)cc21. The summed E-state index contributed by atoms with van der Waals surface area (Å²) in [5, 5.41) is 1.07. The number of hydrogen-bond donors (Lipinski definition) is 1. The molecule has 4 atom stereocenters. The van der Waals surface area contributed by atoms with Gasteiger partial charge in [-0.1, -0.05) is 55.7 Å². The van der Waals surface area contributed by atoms with E-state index in [2.05, 4.69) is 69.3 Å². The van der Waals surface area contributed by atoms with E-state index in [0.717, 1.165) is 89.5 Å². The lowest BCUT2D eigenvalue weighted by Gasteiger charge is -2.46. The first-order valence-corrected chi connectivity index (χ1v) is 20.5. The van der Waals surface area contributed by atoms with Gasteiger partial charge in [-0.05, 0) is 86.1 Å². The molecule has 0 bridgehead atoms. The second kappa shape index (κ2) is 13.6. The number of methoxy groups -OCH3 is 1. The molecule has 8 rings (SSSR count). The predicted molar refractivity (Wildman–Crippen MR) is 207 cm³/mol. The van der Waals surface area contributed by atoms with E-state index < -0.39 is 21.5 Å². The first-order valence-electron chi connectivity index (χ1n) is 19.1. The third kappa shape index (κ3) is 6.24. The largest absolute Gasteiger partial charge is 0.497 e. The van der Waals surface area contributed by atoms with Crippen LogP contribution in [0.3, 0.4) is 0 Å². The van der Waals surface area contributed by atoms with Crippen LogP contribution in [0, 0.1) is 5.41 Å². The lowest BCUT2D eigenvalue weighted by molar-refractivity contribution is -0.146. The molecule has 3 fully saturated rings. The van der Waals surface area contributed by atoms with Gasteiger partial charge in [0, 0.05) is 80.3 Å². The van der Waals surface area contributed by atoms with Crippen LogP contribution < -0.4 is 9.46 Å². The van der Waals surface area contributed by atoms with Crippen LogP contribution in [0.5, 0.6) is 5.75 Å². The Morgan fingerprint density at radius 2 is 1.66 bits per heavy atom. The van der Waals surface area contributed by atoms with Gasteiger partial charge in [0.1, 0.15) is 5.75 Å². The third-order valence-electron chi connectivity index (χ3n) is 12.4. The summed E-state index contributed by atoms with van der Waals surface area (Å²) in [7, 11) is 0.485. The minimum Gasteiger partial charge on any atom is -0.497 e. The van der Waals surface area contributed by atoms with Crippen molar-refractivity contribution in [3.8, 4) is 17.0 Å². The van der Waals surface area contributed by atoms with Gasteiger partial charge in [-0.3, -0.25) is 14.5 Å². The monoisotopic (exact) mass is 737 g/mol. The summed E-state index contributed by atoms with van der Waals surface area (Å²) in [5.74, 6) is 0.645. The van der Waals surface area contributed by atoms with Gasteiger partial charge in [0.05, 0.1) is 18.2 Å². The average Bonchev–Trinajstić information content (AvgIpc) is 3.81. The number of ether oxygens (including phenoxy) is 1. The standard InChI is InChI=1S/C42H51N5O5S/c1-27-23-45(25-29-12-8-6-9-13-29)24-28(2)47(27)41(49)42-22-36(42)35-21-32(52-5)17-19-33(35)39-38(30-14-10-7-11-15-30)34-18-16-31(20-37(34)46(39)26-42)40(48)43-53(50,51)44(3)4/h6,8-9,12-13,16-21,27-28,30,36H,7,10-11,14-15,22-26H2,1-5H3,(H,43,48)/t27-,28?,36?,42?/m0/s1. The molecule has 1 N–H and O–H groups in total. The zero-order valence-electron chi connectivity index (χ0n) is 31.5. The summed E-state index contributed by atoms with van der Waals surface area (Å²) < 4.78 is 36.6. The molecule has 10 nitrogen and oxygen atoms in total. The molecule has 2 aliphatic carbocycles. The minimum absolute atomic E-state index is 0.0210. The van der Waals surface area contributed by atoms with E-state index in [9.17, 15) is 13.2 Å². The first-order chi connectivity index (χ1) is 25.4. The summed E-state index contributed by atoms with van der Waals surface area (Å²) in [4.78, 5) is 33.4. The molecule has 3 aromatic carbocycles. The van der Waals surface area contributed by atoms with Crippen molar-refractivity contribution in [2.45, 2.75) is 89.4 Å². The van der Waals surface area contributed by atoms with Gasteiger partial charge < -0.3 is 14.2 Å². The van der Waals surface area contributed by atoms with Crippen molar-refractivity contribution in [2.75, 3.05) is 34.3 Å². The summed E-state index contributed by atoms with van der Waals surface area (Å²) in [6.07, 6.45) is 6.43. The number of carbonyl (C=O) groups excluding carboxylic acids is 2. The van der Waals surface area contributed by atoms with Gasteiger partial charge in [0.2, 0.25) is 5.91 Å². The number of fused-ring (bicyclic) bond motifs is 7. The fraction of sp³-hybridized carbons (Fsp3) is 0.476. The maximum Gasteiger partial charge on any atom is 0.303 e. The summed E-state index contributed by atoms with van der Waals surface area (Å²) >= 11 is 0. The number of rotatable bonds is 8. The third-order valence-corrected chi connectivity index (χ3v) is 13.8. The molecule has 0 spiro atoms. The number of piperazine rings is 1. The zero-order valence-corrected chi connectivity index (χ0v) is 32.3. The number of benzene rings is 3. The van der Waals surface area contributed by atoms with Crippen molar-refractivity contribution in [1.29, 1.82) is 0 Å². The normalized spacial score (nSPS) is 24.6. The van der Waals surface area contributed by atoms with Crippen molar-refractivity contribution in [3.05, 3.63) is 89.0 Å². The number of amides is 2. The number of aromatic nitrogens is 1. The van der Waals surface area contributed by atoms with E-state index >= 15 is 4.79 Å². The highest BCUT2D eigenvalue weighted by Crippen LogP contribution is 2.66. The zero-order chi connectivity index (χ0) is 37.2. The number of nitrogens with one attached hydrogen (secondary N) is 1. The van der Waals surface area contributed by atoms with Crippen LogP contribution in [0.4, 0.5) is 0 Å². The van der Waals surface area contributed by atoms with Crippen molar-refractivity contribution >= 4 is 32.9 Å². The Bertz CT molecular complexity index is 2160. The molecule has 4 aliphatic rings. The Labute approximate surface area is 313 Å². The number of carbonyl (C=O) groups is 2. The van der Waals surface area contributed by atoms with Crippen LogP contribution in [0.1, 0.15) is 91.3 Å². The molecule has 11 heteroatoms. The fourth-order valence-electron chi connectivity index (χ4n) is 9.75. The molecule has 3 heterocycles. The predicted octanol–water partition coefficient (Wildman–Crippen LogP) is 6.51. The van der Waals surface area contributed by atoms with Crippen molar-refractivity contribution in [1.82, 2.24) is 23.4 Å². The molecular formula is C42H51N5O5S. The molecule has 2 aliphatic heterocycles. The van der Waals surface area contributed by atoms with Crippen molar-refractivity contribution in [3.63, 3.8) is 0 Å². The summed E-state index contributed by atoms with van der Waals surface area (Å²) in [6, 6.07) is 22.5. The molecule has 2 saturated carbocycles. The summed E-state index contributed by atoms with van der Waals surface area (Å²) in [6.45, 7) is 7.29. The second-order valence-corrected chi connectivity index (χ2v) is 18.0. The van der Waals surface area contributed by atoms with Crippen LogP contribution in [0.15, 0.2) is 66.7 Å². The van der Waals surface area contributed by atoms with E-state index in [1.165, 1.54) is 31.6 Å². The lowest BCUT2D eigenvalue weighted by atomic mass is 9.81. The Hall–Kier alpha value is -4.19.